The van der Waals surface area contributed by atoms with E-state index < -0.39 is 0 Å². The molecule has 2 aromatic heterocycles. The fourth-order valence-corrected chi connectivity index (χ4v) is 4.40. The highest BCUT2D eigenvalue weighted by atomic mass is 32.1. The minimum Gasteiger partial charge on any atom is -0.377 e. The summed E-state index contributed by atoms with van der Waals surface area (Å²) in [5.74, 6) is 1.68. The maximum atomic E-state index is 8.93. The second kappa shape index (κ2) is 8.01. The number of rotatable bonds is 5. The number of fused-ring (bicyclic) bond motifs is 1. The molecule has 3 aromatic rings. The molecule has 138 valence electrons. The lowest BCUT2D eigenvalue weighted by Gasteiger charge is -2.34. The summed E-state index contributed by atoms with van der Waals surface area (Å²) in [6.45, 7) is 4.31. The van der Waals surface area contributed by atoms with E-state index in [0.29, 0.717) is 19.0 Å². The number of hydrogen-bond donors (Lipinski definition) is 0. The first kappa shape index (κ1) is 17.9. The summed E-state index contributed by atoms with van der Waals surface area (Å²) in [7, 11) is 1.66. The Labute approximate surface area is 162 Å². The standard InChI is InChI=1S/C20H21N5OS/c1-26-13-17-22-19(25-11-9-24(8-7-21)10-12-25)18-16(14-27-20(18)23-17)15-5-3-2-4-6-15/h2-6,14H,8-13H2,1H3. The third kappa shape index (κ3) is 3.65. The predicted molar refractivity (Wildman–Crippen MR) is 108 cm³/mol. The molecule has 0 atom stereocenters. The number of nitrogens with zero attached hydrogens (tertiary/aromatic N) is 5. The molecule has 1 aromatic carbocycles. The molecule has 1 fully saturated rings. The summed E-state index contributed by atoms with van der Waals surface area (Å²) in [6, 6.07) is 12.6. The Kier molecular flexibility index (Phi) is 5.30. The second-order valence-electron chi connectivity index (χ2n) is 6.51. The van der Waals surface area contributed by atoms with Crippen LogP contribution in [0.2, 0.25) is 0 Å². The van der Waals surface area contributed by atoms with Crippen molar-refractivity contribution in [2.24, 2.45) is 0 Å². The minimum absolute atomic E-state index is 0.399. The van der Waals surface area contributed by atoms with Gasteiger partial charge in [-0.15, -0.1) is 11.3 Å². The molecule has 3 heterocycles. The van der Waals surface area contributed by atoms with Crippen LogP contribution in [0.1, 0.15) is 5.82 Å². The SMILES string of the molecule is COCc1nc(N2CCN(CC#N)CC2)c2c(-c3ccccc3)csc2n1. The number of aromatic nitrogens is 2. The van der Waals surface area contributed by atoms with E-state index in [1.54, 1.807) is 18.4 Å². The van der Waals surface area contributed by atoms with Crippen LogP contribution in [0.15, 0.2) is 35.7 Å². The molecular formula is C20H21N5OS. The van der Waals surface area contributed by atoms with Crippen molar-refractivity contribution in [2.45, 2.75) is 6.61 Å². The fraction of sp³-hybridized carbons (Fsp3) is 0.350. The molecule has 1 aliphatic rings. The van der Waals surface area contributed by atoms with Gasteiger partial charge in [-0.2, -0.15) is 5.26 Å². The monoisotopic (exact) mass is 379 g/mol. The summed E-state index contributed by atoms with van der Waals surface area (Å²) in [4.78, 5) is 15.1. The smallest absolute Gasteiger partial charge is 0.158 e. The van der Waals surface area contributed by atoms with E-state index in [4.69, 9.17) is 20.0 Å². The topological polar surface area (TPSA) is 65.3 Å². The third-order valence-corrected chi connectivity index (χ3v) is 5.66. The first-order valence-corrected chi connectivity index (χ1v) is 9.85. The van der Waals surface area contributed by atoms with Crippen molar-refractivity contribution in [3.05, 3.63) is 41.5 Å². The highest BCUT2D eigenvalue weighted by Crippen LogP contribution is 2.38. The molecular weight excluding hydrogens is 358 g/mol. The number of methoxy groups -OCH3 is 1. The van der Waals surface area contributed by atoms with Crippen LogP contribution < -0.4 is 4.90 Å². The maximum absolute atomic E-state index is 8.93. The Morgan fingerprint density at radius 1 is 1.15 bits per heavy atom. The van der Waals surface area contributed by atoms with Gasteiger partial charge in [0.2, 0.25) is 0 Å². The van der Waals surface area contributed by atoms with Crippen LogP contribution in [0.5, 0.6) is 0 Å². The molecule has 0 aliphatic carbocycles. The lowest BCUT2D eigenvalue weighted by atomic mass is 10.1. The highest BCUT2D eigenvalue weighted by Gasteiger charge is 2.23. The molecule has 0 saturated carbocycles. The van der Waals surface area contributed by atoms with Crippen molar-refractivity contribution in [3.8, 4) is 17.2 Å². The van der Waals surface area contributed by atoms with E-state index in [9.17, 15) is 0 Å². The summed E-state index contributed by atoms with van der Waals surface area (Å²) in [6.07, 6.45) is 0. The van der Waals surface area contributed by atoms with Gasteiger partial charge in [0.05, 0.1) is 18.0 Å². The largest absolute Gasteiger partial charge is 0.377 e. The van der Waals surface area contributed by atoms with Gasteiger partial charge in [0, 0.05) is 44.2 Å². The Morgan fingerprint density at radius 2 is 1.93 bits per heavy atom. The molecule has 0 bridgehead atoms. The number of nitriles is 1. The highest BCUT2D eigenvalue weighted by molar-refractivity contribution is 7.17. The molecule has 1 aliphatic heterocycles. The Balaban J connectivity index is 1.77. The van der Waals surface area contributed by atoms with E-state index in [-0.39, 0.29) is 0 Å². The Bertz CT molecular complexity index is 958. The van der Waals surface area contributed by atoms with Gasteiger partial charge in [-0.3, -0.25) is 4.90 Å². The van der Waals surface area contributed by atoms with Crippen LogP contribution in [0.4, 0.5) is 5.82 Å². The van der Waals surface area contributed by atoms with E-state index in [0.717, 1.165) is 42.2 Å². The summed E-state index contributed by atoms with van der Waals surface area (Å²) < 4.78 is 5.28. The molecule has 0 amide bonds. The minimum atomic E-state index is 0.399. The van der Waals surface area contributed by atoms with Crippen LogP contribution in [-0.4, -0.2) is 54.7 Å². The van der Waals surface area contributed by atoms with Crippen LogP contribution in [0.3, 0.4) is 0 Å². The number of thiophene rings is 1. The van der Waals surface area contributed by atoms with Gasteiger partial charge >= 0.3 is 0 Å². The van der Waals surface area contributed by atoms with Crippen LogP contribution in [0, 0.1) is 11.3 Å². The lowest BCUT2D eigenvalue weighted by molar-refractivity contribution is 0.178. The average Bonchev–Trinajstić information content (AvgIpc) is 3.13. The van der Waals surface area contributed by atoms with Crippen LogP contribution in [0.25, 0.3) is 21.3 Å². The normalized spacial score (nSPS) is 15.2. The molecule has 0 N–H and O–H groups in total. The molecule has 7 heteroatoms. The van der Waals surface area contributed by atoms with Gasteiger partial charge in [-0.05, 0) is 5.56 Å². The van der Waals surface area contributed by atoms with Gasteiger partial charge in [-0.1, -0.05) is 30.3 Å². The Morgan fingerprint density at radius 3 is 2.63 bits per heavy atom. The molecule has 1 saturated heterocycles. The number of ether oxygens (including phenoxy) is 1. The third-order valence-electron chi connectivity index (χ3n) is 4.79. The Hall–Kier alpha value is -2.53. The average molecular weight is 379 g/mol. The maximum Gasteiger partial charge on any atom is 0.158 e. The molecule has 27 heavy (non-hydrogen) atoms. The zero-order valence-electron chi connectivity index (χ0n) is 15.3. The van der Waals surface area contributed by atoms with E-state index >= 15 is 0 Å². The molecule has 0 radical (unpaired) electrons. The van der Waals surface area contributed by atoms with Crippen molar-refractivity contribution in [2.75, 3.05) is 44.7 Å². The number of benzene rings is 1. The summed E-state index contributed by atoms with van der Waals surface area (Å²) in [5.41, 5.74) is 2.35. The van der Waals surface area contributed by atoms with Crippen molar-refractivity contribution < 1.29 is 4.74 Å². The predicted octanol–water partition coefficient (Wildman–Crippen LogP) is 3.15. The van der Waals surface area contributed by atoms with Gasteiger partial charge in [-0.25, -0.2) is 9.97 Å². The van der Waals surface area contributed by atoms with Crippen molar-refractivity contribution >= 4 is 27.4 Å². The zero-order chi connectivity index (χ0) is 18.6. The van der Waals surface area contributed by atoms with Gasteiger partial charge < -0.3 is 9.64 Å². The number of piperazine rings is 1. The van der Waals surface area contributed by atoms with Crippen LogP contribution in [-0.2, 0) is 11.3 Å². The first-order valence-electron chi connectivity index (χ1n) is 8.97. The zero-order valence-corrected chi connectivity index (χ0v) is 16.1. The number of hydrogen-bond acceptors (Lipinski definition) is 7. The molecule has 4 rings (SSSR count). The second-order valence-corrected chi connectivity index (χ2v) is 7.37. The molecule has 6 nitrogen and oxygen atoms in total. The summed E-state index contributed by atoms with van der Waals surface area (Å²) in [5, 5.41) is 12.2. The van der Waals surface area contributed by atoms with E-state index in [1.807, 2.05) is 6.07 Å². The quantitative estimate of drug-likeness (QED) is 0.635. The molecule has 0 spiro atoms. The van der Waals surface area contributed by atoms with Gasteiger partial charge in [0.15, 0.2) is 5.82 Å². The van der Waals surface area contributed by atoms with Crippen molar-refractivity contribution in [3.63, 3.8) is 0 Å². The van der Waals surface area contributed by atoms with Gasteiger partial charge in [0.25, 0.3) is 0 Å². The number of anilines is 1. The molecule has 0 unspecified atom stereocenters. The van der Waals surface area contributed by atoms with Crippen molar-refractivity contribution in [1.29, 1.82) is 5.26 Å². The lowest BCUT2D eigenvalue weighted by Crippen LogP contribution is -2.46. The van der Waals surface area contributed by atoms with E-state index in [1.165, 1.54) is 11.1 Å². The first-order chi connectivity index (χ1) is 13.3. The summed E-state index contributed by atoms with van der Waals surface area (Å²) >= 11 is 1.65. The van der Waals surface area contributed by atoms with E-state index in [2.05, 4.69) is 45.5 Å². The van der Waals surface area contributed by atoms with Crippen LogP contribution >= 0.6 is 11.3 Å². The van der Waals surface area contributed by atoms with Crippen molar-refractivity contribution in [1.82, 2.24) is 14.9 Å². The van der Waals surface area contributed by atoms with Gasteiger partial charge in [0.1, 0.15) is 17.3 Å². The fourth-order valence-electron chi connectivity index (χ4n) is 3.44.